The normalized spacial score (nSPS) is 14.5. The Kier molecular flexibility index (Phi) is 6.80. The molecule has 2 aromatic carbocycles. The Morgan fingerprint density at radius 2 is 1.79 bits per heavy atom. The number of anilines is 4. The molecule has 1 aliphatic heterocycles. The lowest BCUT2D eigenvalue weighted by Crippen LogP contribution is -2.39. The highest BCUT2D eigenvalue weighted by molar-refractivity contribution is 5.89. The molecular weight excluding hydrogens is 449 g/mol. The number of halogens is 3. The number of aromatic nitrogens is 3. The van der Waals surface area contributed by atoms with Crippen LogP contribution in [0.4, 0.5) is 36.4 Å². The van der Waals surface area contributed by atoms with Crippen LogP contribution < -0.4 is 20.3 Å². The third kappa shape index (κ3) is 5.91. The molecule has 4 rings (SSSR count). The van der Waals surface area contributed by atoms with Gasteiger partial charge in [0.1, 0.15) is 18.2 Å². The van der Waals surface area contributed by atoms with Gasteiger partial charge in [0.15, 0.2) is 0 Å². The first-order chi connectivity index (χ1) is 16.3. The standard InChI is InChI=1S/C23H23F3N6O2/c1-15(33)29-16-5-4-6-17(13-16)30-21-27-14-28-22(31-21)32-11-9-18(10-12-32)34-20-8-3-2-7-19(20)23(24,25)26/h2-8,13-14,18H,9-12H2,1H3,(H,29,33)(H,27,28,30,31). The van der Waals surface area contributed by atoms with Crippen molar-refractivity contribution in [1.82, 2.24) is 15.0 Å². The fourth-order valence-corrected chi connectivity index (χ4v) is 3.66. The summed E-state index contributed by atoms with van der Waals surface area (Å²) in [7, 11) is 0. The first-order valence-electron chi connectivity index (χ1n) is 10.7. The number of hydrogen-bond donors (Lipinski definition) is 2. The molecule has 3 aromatic rings. The Morgan fingerprint density at radius 3 is 2.53 bits per heavy atom. The molecule has 1 fully saturated rings. The number of hydrogen-bond acceptors (Lipinski definition) is 7. The maximum absolute atomic E-state index is 13.2. The van der Waals surface area contributed by atoms with Gasteiger partial charge in [-0.15, -0.1) is 0 Å². The van der Waals surface area contributed by atoms with Crippen molar-refractivity contribution < 1.29 is 22.7 Å². The van der Waals surface area contributed by atoms with Crippen LogP contribution in [-0.4, -0.2) is 40.1 Å². The Balaban J connectivity index is 1.38. The molecular formula is C23H23F3N6O2. The zero-order chi connectivity index (χ0) is 24.1. The number of para-hydroxylation sites is 1. The van der Waals surface area contributed by atoms with Crippen LogP contribution in [0.3, 0.4) is 0 Å². The van der Waals surface area contributed by atoms with Gasteiger partial charge in [-0.1, -0.05) is 18.2 Å². The van der Waals surface area contributed by atoms with E-state index < -0.39 is 11.7 Å². The van der Waals surface area contributed by atoms with Crippen LogP contribution in [0, 0.1) is 0 Å². The Labute approximate surface area is 194 Å². The number of ether oxygens (including phenoxy) is 1. The van der Waals surface area contributed by atoms with E-state index in [1.165, 1.54) is 31.5 Å². The highest BCUT2D eigenvalue weighted by atomic mass is 19.4. The fourth-order valence-electron chi connectivity index (χ4n) is 3.66. The van der Waals surface area contributed by atoms with Crippen LogP contribution >= 0.6 is 0 Å². The number of carbonyl (C=O) groups excluding carboxylic acids is 1. The molecule has 178 valence electrons. The minimum absolute atomic E-state index is 0.151. The minimum atomic E-state index is -4.47. The second kappa shape index (κ2) is 9.94. The largest absolute Gasteiger partial charge is 0.490 e. The first kappa shape index (κ1) is 23.3. The van der Waals surface area contributed by atoms with E-state index in [2.05, 4.69) is 25.6 Å². The third-order valence-corrected chi connectivity index (χ3v) is 5.21. The Morgan fingerprint density at radius 1 is 1.06 bits per heavy atom. The molecule has 1 aromatic heterocycles. The maximum atomic E-state index is 13.2. The second-order valence-corrected chi connectivity index (χ2v) is 7.79. The van der Waals surface area contributed by atoms with Crippen molar-refractivity contribution in [1.29, 1.82) is 0 Å². The molecule has 1 saturated heterocycles. The zero-order valence-corrected chi connectivity index (χ0v) is 18.3. The van der Waals surface area contributed by atoms with Gasteiger partial charge >= 0.3 is 6.18 Å². The summed E-state index contributed by atoms with van der Waals surface area (Å²) in [5.41, 5.74) is 0.563. The summed E-state index contributed by atoms with van der Waals surface area (Å²) in [5, 5.41) is 5.80. The van der Waals surface area contributed by atoms with Gasteiger partial charge < -0.3 is 20.3 Å². The van der Waals surface area contributed by atoms with Gasteiger partial charge in [0, 0.05) is 44.2 Å². The van der Waals surface area contributed by atoms with E-state index >= 15 is 0 Å². The van der Waals surface area contributed by atoms with E-state index in [4.69, 9.17) is 4.74 Å². The van der Waals surface area contributed by atoms with Gasteiger partial charge in [0.2, 0.25) is 17.8 Å². The van der Waals surface area contributed by atoms with E-state index in [1.807, 2.05) is 11.0 Å². The molecule has 0 saturated carbocycles. The van der Waals surface area contributed by atoms with Gasteiger partial charge in [-0.3, -0.25) is 4.79 Å². The van der Waals surface area contributed by atoms with Crippen molar-refractivity contribution in [2.24, 2.45) is 0 Å². The smallest absolute Gasteiger partial charge is 0.419 e. The zero-order valence-electron chi connectivity index (χ0n) is 18.3. The van der Waals surface area contributed by atoms with Crippen molar-refractivity contribution in [3.63, 3.8) is 0 Å². The number of nitrogens with one attached hydrogen (secondary N) is 2. The van der Waals surface area contributed by atoms with Crippen LogP contribution in [0.25, 0.3) is 0 Å². The number of rotatable bonds is 6. The molecule has 11 heteroatoms. The molecule has 0 atom stereocenters. The summed E-state index contributed by atoms with van der Waals surface area (Å²) < 4.78 is 45.4. The van der Waals surface area contributed by atoms with Gasteiger partial charge in [-0.25, -0.2) is 9.97 Å². The van der Waals surface area contributed by atoms with Crippen molar-refractivity contribution >= 4 is 29.2 Å². The van der Waals surface area contributed by atoms with Crippen LogP contribution in [0.5, 0.6) is 5.75 Å². The number of carbonyl (C=O) groups is 1. The average molecular weight is 472 g/mol. The van der Waals surface area contributed by atoms with Gasteiger partial charge in [-0.2, -0.15) is 18.2 Å². The monoisotopic (exact) mass is 472 g/mol. The predicted octanol–water partition coefficient (Wildman–Crippen LogP) is 4.64. The summed E-state index contributed by atoms with van der Waals surface area (Å²) in [4.78, 5) is 26.0. The summed E-state index contributed by atoms with van der Waals surface area (Å²) in [6.07, 6.45) is -2.35. The predicted molar refractivity (Wildman–Crippen MR) is 121 cm³/mol. The SMILES string of the molecule is CC(=O)Nc1cccc(Nc2ncnc(N3CCC(Oc4ccccc4C(F)(F)F)CC3)n2)c1. The number of benzene rings is 2. The number of alkyl halides is 3. The summed E-state index contributed by atoms with van der Waals surface area (Å²) in [6, 6.07) is 12.4. The highest BCUT2D eigenvalue weighted by Gasteiger charge is 2.35. The Bertz CT molecular complexity index is 1150. The molecule has 0 bridgehead atoms. The van der Waals surface area contributed by atoms with Gasteiger partial charge in [0.05, 0.1) is 5.56 Å². The van der Waals surface area contributed by atoms with Gasteiger partial charge in [-0.05, 0) is 30.3 Å². The first-order valence-corrected chi connectivity index (χ1v) is 10.7. The van der Waals surface area contributed by atoms with Crippen molar-refractivity contribution in [2.45, 2.75) is 32.0 Å². The summed E-state index contributed by atoms with van der Waals surface area (Å²) in [5.74, 6) is 0.475. The molecule has 2 N–H and O–H groups in total. The van der Waals surface area contributed by atoms with E-state index in [0.717, 1.165) is 6.07 Å². The molecule has 1 amide bonds. The molecule has 0 spiro atoms. The lowest BCUT2D eigenvalue weighted by Gasteiger charge is -2.32. The third-order valence-electron chi connectivity index (χ3n) is 5.21. The molecule has 0 unspecified atom stereocenters. The lowest BCUT2D eigenvalue weighted by molar-refractivity contribution is -0.139. The van der Waals surface area contributed by atoms with Crippen LogP contribution in [0.15, 0.2) is 54.9 Å². The minimum Gasteiger partial charge on any atom is -0.490 e. The van der Waals surface area contributed by atoms with Gasteiger partial charge in [0.25, 0.3) is 0 Å². The van der Waals surface area contributed by atoms with Crippen LogP contribution in [0.1, 0.15) is 25.3 Å². The van der Waals surface area contributed by atoms with Crippen molar-refractivity contribution in [3.05, 3.63) is 60.4 Å². The van der Waals surface area contributed by atoms with Crippen LogP contribution in [0.2, 0.25) is 0 Å². The quantitative estimate of drug-likeness (QED) is 0.540. The topological polar surface area (TPSA) is 92.3 Å². The van der Waals surface area contributed by atoms with Crippen LogP contribution in [-0.2, 0) is 11.0 Å². The molecule has 8 nitrogen and oxygen atoms in total. The van der Waals surface area contributed by atoms with E-state index in [1.54, 1.807) is 18.2 Å². The summed E-state index contributed by atoms with van der Waals surface area (Å²) >= 11 is 0. The maximum Gasteiger partial charge on any atom is 0.419 e. The fraction of sp³-hybridized carbons (Fsp3) is 0.304. The van der Waals surface area contributed by atoms with Crippen molar-refractivity contribution in [2.75, 3.05) is 28.6 Å². The van der Waals surface area contributed by atoms with E-state index in [-0.39, 0.29) is 17.8 Å². The highest BCUT2D eigenvalue weighted by Crippen LogP contribution is 2.37. The van der Waals surface area contributed by atoms with Crippen molar-refractivity contribution in [3.8, 4) is 5.75 Å². The average Bonchev–Trinajstić information content (AvgIpc) is 2.79. The molecule has 1 aliphatic rings. The second-order valence-electron chi connectivity index (χ2n) is 7.79. The Hall–Kier alpha value is -3.89. The number of nitrogens with zero attached hydrogens (tertiary/aromatic N) is 4. The molecule has 2 heterocycles. The molecule has 34 heavy (non-hydrogen) atoms. The lowest BCUT2D eigenvalue weighted by atomic mass is 10.1. The van der Waals surface area contributed by atoms with E-state index in [0.29, 0.717) is 49.2 Å². The number of piperidine rings is 1. The number of amides is 1. The summed E-state index contributed by atoms with van der Waals surface area (Å²) in [6.45, 7) is 2.49. The molecule has 0 radical (unpaired) electrons. The van der Waals surface area contributed by atoms with E-state index in [9.17, 15) is 18.0 Å². The molecule has 0 aliphatic carbocycles.